The third-order valence-corrected chi connectivity index (χ3v) is 9.14. The van der Waals surface area contributed by atoms with Crippen molar-refractivity contribution in [1.82, 2.24) is 10.3 Å². The van der Waals surface area contributed by atoms with Gasteiger partial charge in [0.25, 0.3) is 0 Å². The highest BCUT2D eigenvalue weighted by Crippen LogP contribution is 2.37. The summed E-state index contributed by atoms with van der Waals surface area (Å²) >= 11 is 0. The van der Waals surface area contributed by atoms with E-state index < -0.39 is 11.6 Å². The van der Waals surface area contributed by atoms with Crippen LogP contribution in [0.4, 0.5) is 8.78 Å². The third-order valence-electron chi connectivity index (χ3n) is 9.14. The number of aryl methyl sites for hydroxylation is 1. The molecular weight excluding hydrogens is 452 g/mol. The minimum atomic E-state index is -0.510. The molecule has 2 saturated carbocycles. The topological polar surface area (TPSA) is 53.8 Å². The highest BCUT2D eigenvalue weighted by molar-refractivity contribution is 5.85. The van der Waals surface area contributed by atoms with Crippen LogP contribution in [0.25, 0.3) is 10.9 Å². The molecule has 4 atom stereocenters. The van der Waals surface area contributed by atoms with Gasteiger partial charge in [0, 0.05) is 28.7 Å². The van der Waals surface area contributed by atoms with Gasteiger partial charge in [0.1, 0.15) is 11.6 Å². The van der Waals surface area contributed by atoms with Gasteiger partial charge in [-0.1, -0.05) is 70.6 Å². The maximum Gasteiger partial charge on any atom is 0.150 e. The first-order valence-electron chi connectivity index (χ1n) is 14.8. The molecule has 1 aromatic heterocycles. The number of aromatic nitrogens is 1. The van der Waals surface area contributed by atoms with E-state index in [1.54, 1.807) is 0 Å². The monoisotopic (exact) mass is 501 g/mol. The van der Waals surface area contributed by atoms with Gasteiger partial charge in [-0.25, -0.2) is 8.78 Å². The minimum absolute atomic E-state index is 0.0409. The lowest BCUT2D eigenvalue weighted by Crippen LogP contribution is -2.41. The number of hydrogen-bond donors (Lipinski definition) is 3. The summed E-state index contributed by atoms with van der Waals surface area (Å²) in [5, 5.41) is 4.57. The van der Waals surface area contributed by atoms with E-state index in [1.807, 2.05) is 6.92 Å². The summed E-state index contributed by atoms with van der Waals surface area (Å²) in [5.74, 6) is 0.442. The fourth-order valence-corrected chi connectivity index (χ4v) is 7.16. The number of rotatable bonds is 5. The van der Waals surface area contributed by atoms with E-state index in [2.05, 4.69) is 17.2 Å². The predicted molar refractivity (Wildman–Crippen MR) is 147 cm³/mol. The zero-order valence-electron chi connectivity index (χ0n) is 22.7. The van der Waals surface area contributed by atoms with Crippen molar-refractivity contribution in [3.8, 4) is 0 Å². The molecule has 0 saturated heterocycles. The zero-order chi connectivity index (χ0) is 25.5. The Morgan fingerprint density at radius 2 is 1.61 bits per heavy atom. The van der Waals surface area contributed by atoms with Gasteiger partial charge in [-0.3, -0.25) is 0 Å². The van der Waals surface area contributed by atoms with E-state index in [0.717, 1.165) is 55.0 Å². The summed E-state index contributed by atoms with van der Waals surface area (Å²) in [6.07, 6.45) is 20.2. The number of nitrogens with two attached hydrogens (primary N) is 1. The van der Waals surface area contributed by atoms with Crippen LogP contribution in [-0.4, -0.2) is 23.1 Å². The number of H-pyrrole nitrogens is 1. The van der Waals surface area contributed by atoms with Crippen molar-refractivity contribution in [2.24, 2.45) is 17.6 Å². The molecule has 36 heavy (non-hydrogen) atoms. The molecule has 2 aromatic rings. The smallest absolute Gasteiger partial charge is 0.150 e. The van der Waals surface area contributed by atoms with Crippen molar-refractivity contribution < 1.29 is 8.78 Å². The quantitative estimate of drug-likeness (QED) is 0.388. The van der Waals surface area contributed by atoms with Crippen molar-refractivity contribution in [2.75, 3.05) is 6.54 Å². The van der Waals surface area contributed by atoms with Crippen LogP contribution in [0.1, 0.15) is 114 Å². The number of fused-ring (bicyclic) bond motifs is 1. The van der Waals surface area contributed by atoms with Crippen molar-refractivity contribution in [2.45, 2.75) is 128 Å². The zero-order valence-corrected chi connectivity index (χ0v) is 22.7. The lowest BCUT2D eigenvalue weighted by atomic mass is 9.72. The summed E-state index contributed by atoms with van der Waals surface area (Å²) in [4.78, 5) is 3.13. The SMILES string of the molecule is Cc1[nH]c2c(F)cc(F)cc2c1CCNC1CCCCCCC(C2CCCCCCCC(C)(N)C2)C1. The Kier molecular flexibility index (Phi) is 9.85. The minimum Gasteiger partial charge on any atom is -0.356 e. The third kappa shape index (κ3) is 7.54. The van der Waals surface area contributed by atoms with E-state index in [-0.39, 0.29) is 5.54 Å². The Hall–Kier alpha value is -1.46. The molecule has 202 valence electrons. The van der Waals surface area contributed by atoms with Gasteiger partial charge >= 0.3 is 0 Å². The van der Waals surface area contributed by atoms with Crippen LogP contribution in [0.3, 0.4) is 0 Å². The Labute approximate surface area is 217 Å². The molecule has 2 aliphatic carbocycles. The number of aromatic amines is 1. The Bertz CT molecular complexity index is 966. The van der Waals surface area contributed by atoms with Crippen LogP contribution in [0.2, 0.25) is 0 Å². The Balaban J connectivity index is 1.42. The van der Waals surface area contributed by atoms with Crippen LogP contribution in [0.15, 0.2) is 12.1 Å². The molecule has 0 aliphatic heterocycles. The first kappa shape index (κ1) is 27.6. The molecule has 4 N–H and O–H groups in total. The molecular formula is C31H49F2N3. The van der Waals surface area contributed by atoms with Crippen LogP contribution < -0.4 is 11.1 Å². The number of hydrogen-bond acceptors (Lipinski definition) is 2. The van der Waals surface area contributed by atoms with Gasteiger partial charge in [-0.15, -0.1) is 0 Å². The molecule has 0 radical (unpaired) electrons. The largest absolute Gasteiger partial charge is 0.356 e. The predicted octanol–water partition coefficient (Wildman–Crippen LogP) is 8.08. The van der Waals surface area contributed by atoms with Gasteiger partial charge in [-0.05, 0) is 76.0 Å². The average Bonchev–Trinajstić information content (AvgIpc) is 3.19. The van der Waals surface area contributed by atoms with Crippen molar-refractivity contribution in [3.05, 3.63) is 35.0 Å². The van der Waals surface area contributed by atoms with Crippen molar-refractivity contribution in [3.63, 3.8) is 0 Å². The maximum absolute atomic E-state index is 14.3. The second-order valence-electron chi connectivity index (χ2n) is 12.4. The van der Waals surface area contributed by atoms with E-state index in [0.29, 0.717) is 16.9 Å². The number of benzene rings is 1. The molecule has 0 bridgehead atoms. The molecule has 5 heteroatoms. The molecule has 0 spiro atoms. The van der Waals surface area contributed by atoms with Crippen molar-refractivity contribution >= 4 is 10.9 Å². The second kappa shape index (κ2) is 12.9. The molecule has 0 amide bonds. The van der Waals surface area contributed by atoms with Crippen LogP contribution in [-0.2, 0) is 6.42 Å². The van der Waals surface area contributed by atoms with Gasteiger partial charge in [0.05, 0.1) is 5.52 Å². The summed E-state index contributed by atoms with van der Waals surface area (Å²) in [6.45, 7) is 5.09. The maximum atomic E-state index is 14.3. The average molecular weight is 502 g/mol. The number of halogens is 2. The molecule has 1 aromatic carbocycles. The molecule has 2 aliphatic rings. The van der Waals surface area contributed by atoms with E-state index in [9.17, 15) is 8.78 Å². The summed E-state index contributed by atoms with van der Waals surface area (Å²) in [6, 6.07) is 2.94. The van der Waals surface area contributed by atoms with E-state index >= 15 is 0 Å². The molecule has 2 fully saturated rings. The van der Waals surface area contributed by atoms with Gasteiger partial charge < -0.3 is 16.0 Å². The first-order valence-corrected chi connectivity index (χ1v) is 14.8. The molecule has 4 rings (SSSR count). The fraction of sp³-hybridized carbons (Fsp3) is 0.742. The van der Waals surface area contributed by atoms with Crippen molar-refractivity contribution in [1.29, 1.82) is 0 Å². The fourth-order valence-electron chi connectivity index (χ4n) is 7.16. The Morgan fingerprint density at radius 3 is 2.39 bits per heavy atom. The highest BCUT2D eigenvalue weighted by atomic mass is 19.1. The summed E-state index contributed by atoms with van der Waals surface area (Å²) in [7, 11) is 0. The lowest BCUT2D eigenvalue weighted by molar-refractivity contribution is 0.182. The molecule has 3 nitrogen and oxygen atoms in total. The standard InChI is InChI=1S/C31H49F2N3/c1-22-27(28-19-25(32)20-29(33)30(28)36-22)15-17-35-26-14-10-6-5-8-12-23(18-26)24-13-9-4-3-7-11-16-31(2,34)21-24/h19-20,23-24,26,35-36H,3-18,21,34H2,1-2H3. The highest BCUT2D eigenvalue weighted by Gasteiger charge is 2.31. The molecule has 1 heterocycles. The van der Waals surface area contributed by atoms with Crippen LogP contribution >= 0.6 is 0 Å². The van der Waals surface area contributed by atoms with Gasteiger partial charge in [0.2, 0.25) is 0 Å². The summed E-state index contributed by atoms with van der Waals surface area (Å²) in [5.41, 5.74) is 9.19. The normalized spacial score (nSPS) is 29.4. The Morgan fingerprint density at radius 1 is 0.944 bits per heavy atom. The van der Waals surface area contributed by atoms with Crippen LogP contribution in [0.5, 0.6) is 0 Å². The first-order chi connectivity index (χ1) is 17.3. The van der Waals surface area contributed by atoms with E-state index in [4.69, 9.17) is 5.73 Å². The van der Waals surface area contributed by atoms with Gasteiger partial charge in [0.15, 0.2) is 0 Å². The second-order valence-corrected chi connectivity index (χ2v) is 12.4. The summed E-state index contributed by atoms with van der Waals surface area (Å²) < 4.78 is 28.2. The molecule has 4 unspecified atom stereocenters. The lowest BCUT2D eigenvalue weighted by Gasteiger charge is -2.37. The number of nitrogens with one attached hydrogen (secondary N) is 2. The van der Waals surface area contributed by atoms with E-state index in [1.165, 1.54) is 89.5 Å². The van der Waals surface area contributed by atoms with Crippen LogP contribution in [0, 0.1) is 30.4 Å². The van der Waals surface area contributed by atoms with Gasteiger partial charge in [-0.2, -0.15) is 0 Å².